The van der Waals surface area contributed by atoms with E-state index in [1.165, 1.54) is 5.56 Å². The summed E-state index contributed by atoms with van der Waals surface area (Å²) in [5.41, 5.74) is 7.26. The van der Waals surface area contributed by atoms with Crippen molar-refractivity contribution < 1.29 is 9.47 Å². The molecule has 3 atom stereocenters. The van der Waals surface area contributed by atoms with Gasteiger partial charge in [0.2, 0.25) is 0 Å². The first-order valence-corrected chi connectivity index (χ1v) is 6.23. The summed E-state index contributed by atoms with van der Waals surface area (Å²) in [6, 6.07) is 10.4. The van der Waals surface area contributed by atoms with Crippen molar-refractivity contribution in [2.24, 2.45) is 5.73 Å². The van der Waals surface area contributed by atoms with Gasteiger partial charge < -0.3 is 15.2 Å². The van der Waals surface area contributed by atoms with Gasteiger partial charge in [0.25, 0.3) is 0 Å². The average molecular weight is 235 g/mol. The fourth-order valence-corrected chi connectivity index (χ4v) is 2.37. The largest absolute Gasteiger partial charge is 0.380 e. The first-order chi connectivity index (χ1) is 8.29. The van der Waals surface area contributed by atoms with Crippen molar-refractivity contribution in [1.82, 2.24) is 0 Å². The predicted molar refractivity (Wildman–Crippen MR) is 67.6 cm³/mol. The molecule has 0 radical (unpaired) electrons. The second-order valence-electron chi connectivity index (χ2n) is 4.67. The molecule has 1 aliphatic rings. The molecule has 2 N–H and O–H groups in total. The molecule has 17 heavy (non-hydrogen) atoms. The van der Waals surface area contributed by atoms with Gasteiger partial charge in [0.05, 0.1) is 18.8 Å². The molecule has 0 unspecified atom stereocenters. The van der Waals surface area contributed by atoms with E-state index in [2.05, 4.69) is 12.1 Å². The zero-order valence-electron chi connectivity index (χ0n) is 10.3. The van der Waals surface area contributed by atoms with Crippen molar-refractivity contribution in [2.75, 3.05) is 7.11 Å². The summed E-state index contributed by atoms with van der Waals surface area (Å²) in [5.74, 6) is 0. The van der Waals surface area contributed by atoms with Crippen LogP contribution in [0.1, 0.15) is 24.8 Å². The van der Waals surface area contributed by atoms with Gasteiger partial charge in [-0.1, -0.05) is 30.3 Å². The van der Waals surface area contributed by atoms with Crippen LogP contribution in [0.5, 0.6) is 0 Å². The van der Waals surface area contributed by atoms with E-state index >= 15 is 0 Å². The molecule has 1 saturated carbocycles. The number of nitrogens with two attached hydrogens (primary N) is 1. The van der Waals surface area contributed by atoms with Gasteiger partial charge in [0, 0.05) is 13.2 Å². The van der Waals surface area contributed by atoms with Crippen LogP contribution < -0.4 is 5.73 Å². The van der Waals surface area contributed by atoms with Gasteiger partial charge in [-0.3, -0.25) is 0 Å². The second kappa shape index (κ2) is 6.15. The highest BCUT2D eigenvalue weighted by Crippen LogP contribution is 2.23. The Bertz CT molecular complexity index is 328. The molecule has 1 fully saturated rings. The lowest BCUT2D eigenvalue weighted by Crippen LogP contribution is -2.44. The van der Waals surface area contributed by atoms with E-state index in [9.17, 15) is 0 Å². The minimum absolute atomic E-state index is 0.106. The van der Waals surface area contributed by atoms with Crippen LogP contribution in [0.25, 0.3) is 0 Å². The number of hydrogen-bond donors (Lipinski definition) is 1. The summed E-state index contributed by atoms with van der Waals surface area (Å²) in [4.78, 5) is 0. The third-order valence-corrected chi connectivity index (χ3v) is 3.42. The van der Waals surface area contributed by atoms with E-state index in [1.807, 2.05) is 18.2 Å². The molecule has 0 heterocycles. The number of methoxy groups -OCH3 is 1. The van der Waals surface area contributed by atoms with E-state index < -0.39 is 0 Å². The molecular formula is C14H21NO2. The van der Waals surface area contributed by atoms with Crippen molar-refractivity contribution in [2.45, 2.75) is 44.1 Å². The highest BCUT2D eigenvalue weighted by atomic mass is 16.5. The van der Waals surface area contributed by atoms with Crippen molar-refractivity contribution in [3.63, 3.8) is 0 Å². The summed E-state index contributed by atoms with van der Waals surface area (Å²) in [6.45, 7) is 0.676. The number of rotatable bonds is 4. The summed E-state index contributed by atoms with van der Waals surface area (Å²) in [5, 5.41) is 0. The van der Waals surface area contributed by atoms with E-state index in [4.69, 9.17) is 15.2 Å². The number of benzene rings is 1. The molecule has 0 aliphatic heterocycles. The van der Waals surface area contributed by atoms with Crippen LogP contribution in [-0.4, -0.2) is 25.4 Å². The quantitative estimate of drug-likeness (QED) is 0.869. The fourth-order valence-electron chi connectivity index (χ4n) is 2.37. The van der Waals surface area contributed by atoms with Crippen LogP contribution in [-0.2, 0) is 16.1 Å². The Balaban J connectivity index is 1.78. The van der Waals surface area contributed by atoms with Gasteiger partial charge in [-0.15, -0.1) is 0 Å². The average Bonchev–Trinajstić information content (AvgIpc) is 2.38. The zero-order chi connectivity index (χ0) is 12.1. The van der Waals surface area contributed by atoms with Crippen molar-refractivity contribution in [3.8, 4) is 0 Å². The molecule has 0 spiro atoms. The fraction of sp³-hybridized carbons (Fsp3) is 0.571. The minimum Gasteiger partial charge on any atom is -0.380 e. The number of hydrogen-bond acceptors (Lipinski definition) is 3. The van der Waals surface area contributed by atoms with E-state index in [0.29, 0.717) is 6.61 Å². The smallest absolute Gasteiger partial charge is 0.0724 e. The van der Waals surface area contributed by atoms with Gasteiger partial charge in [-0.25, -0.2) is 0 Å². The first-order valence-electron chi connectivity index (χ1n) is 6.23. The third kappa shape index (κ3) is 3.53. The van der Waals surface area contributed by atoms with Crippen LogP contribution in [0.15, 0.2) is 30.3 Å². The maximum atomic E-state index is 6.04. The topological polar surface area (TPSA) is 44.5 Å². The lowest BCUT2D eigenvalue weighted by atomic mass is 9.91. The normalized spacial score (nSPS) is 29.2. The maximum Gasteiger partial charge on any atom is 0.0724 e. The van der Waals surface area contributed by atoms with Crippen LogP contribution in [0.2, 0.25) is 0 Å². The molecule has 1 aromatic carbocycles. The molecule has 0 saturated heterocycles. The Kier molecular flexibility index (Phi) is 4.54. The van der Waals surface area contributed by atoms with Gasteiger partial charge in [0.15, 0.2) is 0 Å². The van der Waals surface area contributed by atoms with Gasteiger partial charge in [-0.05, 0) is 24.8 Å². The summed E-state index contributed by atoms with van der Waals surface area (Å²) in [7, 11) is 1.73. The van der Waals surface area contributed by atoms with Crippen molar-refractivity contribution in [3.05, 3.63) is 35.9 Å². The Hall–Kier alpha value is -0.900. The summed E-state index contributed by atoms with van der Waals surface area (Å²) >= 11 is 0. The predicted octanol–water partition coefficient (Wildman–Crippen LogP) is 2.10. The molecule has 94 valence electrons. The van der Waals surface area contributed by atoms with Gasteiger partial charge in [0.1, 0.15) is 0 Å². The first kappa shape index (κ1) is 12.6. The summed E-state index contributed by atoms with van der Waals surface area (Å²) < 4.78 is 11.2. The highest BCUT2D eigenvalue weighted by Gasteiger charge is 2.28. The maximum absolute atomic E-state index is 6.04. The molecule has 0 bridgehead atoms. The van der Waals surface area contributed by atoms with Crippen LogP contribution in [0.3, 0.4) is 0 Å². The van der Waals surface area contributed by atoms with Gasteiger partial charge in [-0.2, -0.15) is 0 Å². The lowest BCUT2D eigenvalue weighted by Gasteiger charge is -2.32. The molecule has 1 aromatic rings. The van der Waals surface area contributed by atoms with Crippen LogP contribution >= 0.6 is 0 Å². The third-order valence-electron chi connectivity index (χ3n) is 3.42. The molecule has 3 nitrogen and oxygen atoms in total. The summed E-state index contributed by atoms with van der Waals surface area (Å²) in [6.07, 6.45) is 3.41. The Labute approximate surface area is 103 Å². The molecule has 2 rings (SSSR count). The second-order valence-corrected chi connectivity index (χ2v) is 4.67. The Morgan fingerprint density at radius 1 is 1.24 bits per heavy atom. The molecule has 0 amide bonds. The monoisotopic (exact) mass is 235 g/mol. The highest BCUT2D eigenvalue weighted by molar-refractivity contribution is 5.13. The van der Waals surface area contributed by atoms with E-state index in [-0.39, 0.29) is 18.2 Å². The molecule has 0 aromatic heterocycles. The van der Waals surface area contributed by atoms with Crippen molar-refractivity contribution >= 4 is 0 Å². The van der Waals surface area contributed by atoms with Crippen molar-refractivity contribution in [1.29, 1.82) is 0 Å². The SMILES string of the molecule is CO[C@@H]1CC[C@H](OCc2ccccc2)C[C@H]1N. The molecule has 1 aliphatic carbocycles. The number of ether oxygens (including phenoxy) is 2. The Morgan fingerprint density at radius 3 is 2.65 bits per heavy atom. The van der Waals surface area contributed by atoms with E-state index in [1.54, 1.807) is 7.11 Å². The van der Waals surface area contributed by atoms with E-state index in [0.717, 1.165) is 19.3 Å². The standard InChI is InChI=1S/C14H21NO2/c1-16-14-8-7-12(9-13(14)15)17-10-11-5-3-2-4-6-11/h2-6,12-14H,7-10,15H2,1H3/t12-,13+,14+/m0/s1. The minimum atomic E-state index is 0.106. The van der Waals surface area contributed by atoms with Crippen LogP contribution in [0.4, 0.5) is 0 Å². The Morgan fingerprint density at radius 2 is 2.00 bits per heavy atom. The molecule has 3 heteroatoms. The lowest BCUT2D eigenvalue weighted by molar-refractivity contribution is -0.0334. The van der Waals surface area contributed by atoms with Gasteiger partial charge >= 0.3 is 0 Å². The zero-order valence-corrected chi connectivity index (χ0v) is 10.3. The van der Waals surface area contributed by atoms with Crippen LogP contribution in [0, 0.1) is 0 Å². The molecular weight excluding hydrogens is 214 g/mol.